The summed E-state index contributed by atoms with van der Waals surface area (Å²) in [5, 5.41) is 3.28. The molecule has 2 aromatic rings. The van der Waals surface area contributed by atoms with Crippen LogP contribution in [0, 0.1) is 11.8 Å². The van der Waals surface area contributed by atoms with Crippen LogP contribution in [-0.4, -0.2) is 41.3 Å². The number of benzene rings is 2. The Kier molecular flexibility index (Phi) is 8.15. The van der Waals surface area contributed by atoms with Gasteiger partial charge in [-0.15, -0.1) is 0 Å². The number of rotatable bonds is 8. The van der Waals surface area contributed by atoms with Gasteiger partial charge in [0.25, 0.3) is 11.8 Å². The van der Waals surface area contributed by atoms with Crippen LogP contribution >= 0.6 is 0 Å². The second-order valence-corrected chi connectivity index (χ2v) is 11.8. The van der Waals surface area contributed by atoms with Crippen molar-refractivity contribution in [2.75, 3.05) is 7.05 Å². The maximum Gasteiger partial charge on any atom is 0.257 e. The number of aliphatic imine (C=N–C) groups is 1. The molecule has 5 rings (SSSR count). The van der Waals surface area contributed by atoms with E-state index in [2.05, 4.69) is 17.4 Å². The smallest absolute Gasteiger partial charge is 0.257 e. The van der Waals surface area contributed by atoms with Crippen LogP contribution in [0.4, 0.5) is 0 Å². The molecule has 2 aliphatic carbocycles. The average Bonchev–Trinajstić information content (AvgIpc) is 3.16. The maximum absolute atomic E-state index is 13.4. The van der Waals surface area contributed by atoms with Crippen molar-refractivity contribution in [1.82, 2.24) is 10.2 Å². The van der Waals surface area contributed by atoms with Crippen molar-refractivity contribution < 1.29 is 9.59 Å². The highest BCUT2D eigenvalue weighted by Crippen LogP contribution is 2.40. The molecule has 0 unspecified atom stereocenters. The summed E-state index contributed by atoms with van der Waals surface area (Å²) in [6, 6.07) is 18.1. The summed E-state index contributed by atoms with van der Waals surface area (Å²) in [6.07, 6.45) is 13.0. The third-order valence-electron chi connectivity index (χ3n) is 9.06. The third-order valence-corrected chi connectivity index (χ3v) is 9.06. The Bertz CT molecular complexity index is 1140. The van der Waals surface area contributed by atoms with Crippen LogP contribution in [-0.2, 0) is 4.79 Å². The van der Waals surface area contributed by atoms with Crippen LogP contribution in [0.1, 0.15) is 87.4 Å². The number of hydrogen-bond donors (Lipinski definition) is 2. The minimum atomic E-state index is -0.736. The van der Waals surface area contributed by atoms with E-state index in [1.54, 1.807) is 11.9 Å². The normalized spacial score (nSPS) is 26.3. The fourth-order valence-electron chi connectivity index (χ4n) is 6.87. The van der Waals surface area contributed by atoms with Gasteiger partial charge < -0.3 is 11.1 Å². The molecule has 0 saturated heterocycles. The molecule has 1 aliphatic heterocycles. The summed E-state index contributed by atoms with van der Waals surface area (Å²) in [6.45, 7) is 0. The van der Waals surface area contributed by atoms with Crippen LogP contribution in [0.5, 0.6) is 0 Å². The minimum Gasteiger partial charge on any atom is -0.369 e. The molecule has 1 heterocycles. The standard InChI is InChI=1S/C32H42N4O2/c1-36-30(38)32(35-31(36)33,20-19-23-9-4-2-5-10-23)22-24-11-8-14-28(21-24)34-29(37)27-17-15-26(16-18-27)25-12-6-3-7-13-25/h3,6-7,12-13,15-18,23-24,28H,2,4-5,8-11,14,19-22H2,1H3,(H2,33,35)(H,34,37)/t24-,28+,32+/m0/s1. The molecule has 2 saturated carbocycles. The van der Waals surface area contributed by atoms with Gasteiger partial charge in [0.1, 0.15) is 5.54 Å². The van der Waals surface area contributed by atoms with Gasteiger partial charge in [-0.2, -0.15) is 0 Å². The Balaban J connectivity index is 1.21. The van der Waals surface area contributed by atoms with Crippen molar-refractivity contribution in [3.63, 3.8) is 0 Å². The van der Waals surface area contributed by atoms with Gasteiger partial charge in [-0.25, -0.2) is 4.99 Å². The van der Waals surface area contributed by atoms with Gasteiger partial charge in [0, 0.05) is 18.7 Å². The first-order chi connectivity index (χ1) is 18.4. The lowest BCUT2D eigenvalue weighted by atomic mass is 9.74. The second-order valence-electron chi connectivity index (χ2n) is 11.8. The van der Waals surface area contributed by atoms with Crippen LogP contribution in [0.2, 0.25) is 0 Å². The summed E-state index contributed by atoms with van der Waals surface area (Å²) in [4.78, 5) is 32.9. The number of nitrogens with two attached hydrogens (primary N) is 1. The van der Waals surface area contributed by atoms with E-state index in [9.17, 15) is 9.59 Å². The Morgan fingerprint density at radius 1 is 0.947 bits per heavy atom. The fourth-order valence-corrected chi connectivity index (χ4v) is 6.87. The summed E-state index contributed by atoms with van der Waals surface area (Å²) in [7, 11) is 1.75. The van der Waals surface area contributed by atoms with Gasteiger partial charge in [-0.05, 0) is 67.2 Å². The number of nitrogens with zero attached hydrogens (tertiary/aromatic N) is 2. The first-order valence-corrected chi connectivity index (χ1v) is 14.5. The van der Waals surface area contributed by atoms with E-state index >= 15 is 0 Å². The van der Waals surface area contributed by atoms with E-state index in [1.807, 2.05) is 42.5 Å². The van der Waals surface area contributed by atoms with Crippen molar-refractivity contribution >= 4 is 17.8 Å². The SMILES string of the molecule is CN1C(=O)[C@@](CCC2CCCCC2)(C[C@H]2CCC[C@@H](NC(=O)c3ccc(-c4ccccc4)cc3)C2)N=C1N. The topological polar surface area (TPSA) is 87.8 Å². The van der Waals surface area contributed by atoms with Gasteiger partial charge in [-0.1, -0.05) is 87.4 Å². The summed E-state index contributed by atoms with van der Waals surface area (Å²) < 4.78 is 0. The Morgan fingerprint density at radius 3 is 2.32 bits per heavy atom. The van der Waals surface area contributed by atoms with Gasteiger partial charge in [0.2, 0.25) is 0 Å². The summed E-state index contributed by atoms with van der Waals surface area (Å²) >= 11 is 0. The molecule has 0 bridgehead atoms. The zero-order valence-electron chi connectivity index (χ0n) is 22.7. The van der Waals surface area contributed by atoms with E-state index in [4.69, 9.17) is 10.7 Å². The van der Waals surface area contributed by atoms with Crippen molar-refractivity contribution in [2.24, 2.45) is 22.6 Å². The number of carbonyl (C=O) groups is 2. The lowest BCUT2D eigenvalue weighted by molar-refractivity contribution is -0.131. The zero-order chi connectivity index (χ0) is 26.5. The highest BCUT2D eigenvalue weighted by molar-refractivity contribution is 6.06. The molecular formula is C32H42N4O2. The molecule has 38 heavy (non-hydrogen) atoms. The number of likely N-dealkylation sites (N-methyl/N-ethyl adjacent to an activating group) is 1. The molecule has 0 spiro atoms. The molecule has 6 nitrogen and oxygen atoms in total. The van der Waals surface area contributed by atoms with Gasteiger partial charge in [0.05, 0.1) is 0 Å². The first-order valence-electron chi connectivity index (χ1n) is 14.5. The Hall–Kier alpha value is -3.15. The number of guanidine groups is 1. The molecule has 3 aliphatic rings. The van der Waals surface area contributed by atoms with E-state index in [1.165, 1.54) is 32.1 Å². The van der Waals surface area contributed by atoms with Crippen molar-refractivity contribution in [1.29, 1.82) is 0 Å². The number of nitrogens with one attached hydrogen (secondary N) is 1. The largest absolute Gasteiger partial charge is 0.369 e. The fraction of sp³-hybridized carbons (Fsp3) is 0.531. The van der Waals surface area contributed by atoms with E-state index in [0.717, 1.165) is 56.1 Å². The predicted molar refractivity (Wildman–Crippen MR) is 153 cm³/mol. The maximum atomic E-state index is 13.4. The monoisotopic (exact) mass is 514 g/mol. The molecule has 6 heteroatoms. The van der Waals surface area contributed by atoms with E-state index in [0.29, 0.717) is 23.4 Å². The van der Waals surface area contributed by atoms with Gasteiger partial charge in [0.15, 0.2) is 5.96 Å². The van der Waals surface area contributed by atoms with E-state index in [-0.39, 0.29) is 17.9 Å². The number of carbonyl (C=O) groups excluding carboxylic acids is 2. The molecular weight excluding hydrogens is 472 g/mol. The molecule has 3 atom stereocenters. The third kappa shape index (κ3) is 5.95. The molecule has 0 radical (unpaired) electrons. The van der Waals surface area contributed by atoms with Gasteiger partial charge in [-0.3, -0.25) is 14.5 Å². The highest BCUT2D eigenvalue weighted by Gasteiger charge is 2.48. The van der Waals surface area contributed by atoms with Gasteiger partial charge >= 0.3 is 0 Å². The molecule has 2 aromatic carbocycles. The molecule has 3 N–H and O–H groups in total. The van der Waals surface area contributed by atoms with Crippen molar-refractivity contribution in [3.05, 3.63) is 60.2 Å². The molecule has 2 fully saturated rings. The predicted octanol–water partition coefficient (Wildman–Crippen LogP) is 5.92. The van der Waals surface area contributed by atoms with Crippen molar-refractivity contribution in [3.8, 4) is 11.1 Å². The van der Waals surface area contributed by atoms with Crippen LogP contribution < -0.4 is 11.1 Å². The Labute approximate surface area is 227 Å². The summed E-state index contributed by atoms with van der Waals surface area (Å²) in [5.41, 5.74) is 8.35. The lowest BCUT2D eigenvalue weighted by Crippen LogP contribution is -2.45. The second kappa shape index (κ2) is 11.7. The number of amides is 2. The number of hydrogen-bond acceptors (Lipinski definition) is 4. The van der Waals surface area contributed by atoms with Crippen LogP contribution in [0.15, 0.2) is 59.6 Å². The minimum absolute atomic E-state index is 0.0267. The Morgan fingerprint density at radius 2 is 1.63 bits per heavy atom. The molecule has 0 aromatic heterocycles. The quantitative estimate of drug-likeness (QED) is 0.458. The van der Waals surface area contributed by atoms with E-state index < -0.39 is 5.54 Å². The molecule has 2 amide bonds. The lowest BCUT2D eigenvalue weighted by Gasteiger charge is -2.35. The van der Waals surface area contributed by atoms with Crippen LogP contribution in [0.25, 0.3) is 11.1 Å². The zero-order valence-corrected chi connectivity index (χ0v) is 22.7. The van der Waals surface area contributed by atoms with Crippen molar-refractivity contribution in [2.45, 2.75) is 88.6 Å². The molecule has 202 valence electrons. The highest BCUT2D eigenvalue weighted by atomic mass is 16.2. The van der Waals surface area contributed by atoms with Crippen LogP contribution in [0.3, 0.4) is 0 Å². The average molecular weight is 515 g/mol. The summed E-state index contributed by atoms with van der Waals surface area (Å²) in [5.74, 6) is 1.41. The first kappa shape index (κ1) is 26.5.